The third-order valence-electron chi connectivity index (χ3n) is 5.34. The van der Waals surface area contributed by atoms with E-state index in [0.29, 0.717) is 12.5 Å². The Morgan fingerprint density at radius 1 is 1.26 bits per heavy atom. The number of fused-ring (bicyclic) bond motifs is 2. The van der Waals surface area contributed by atoms with Gasteiger partial charge in [-0.05, 0) is 32.0 Å². The summed E-state index contributed by atoms with van der Waals surface area (Å²) in [6.07, 6.45) is 2.11. The highest BCUT2D eigenvalue weighted by Crippen LogP contribution is 2.44. The Morgan fingerprint density at radius 2 is 2.13 bits per heavy atom. The molecule has 6 rings (SSSR count). The van der Waals surface area contributed by atoms with E-state index in [1.807, 2.05) is 15.8 Å². The first-order valence-corrected chi connectivity index (χ1v) is 9.76. The average Bonchev–Trinajstić information content (AvgIpc) is 3.28. The van der Waals surface area contributed by atoms with Gasteiger partial charge in [0.25, 0.3) is 0 Å². The van der Waals surface area contributed by atoms with E-state index in [2.05, 4.69) is 21.3 Å². The van der Waals surface area contributed by atoms with Crippen LogP contribution in [-0.2, 0) is 4.74 Å². The Hall–Kier alpha value is -1.44. The van der Waals surface area contributed by atoms with Gasteiger partial charge in [-0.25, -0.2) is 9.78 Å². The molecule has 0 aromatic carbocycles. The minimum absolute atomic E-state index is 0.189. The topological polar surface area (TPSA) is 45.7 Å². The summed E-state index contributed by atoms with van der Waals surface area (Å²) in [6, 6.07) is 2.06. The van der Waals surface area contributed by atoms with Crippen molar-refractivity contribution < 1.29 is 9.53 Å². The molecule has 4 aliphatic rings. The van der Waals surface area contributed by atoms with E-state index in [1.165, 1.54) is 0 Å². The Balaban J connectivity index is 1.43. The van der Waals surface area contributed by atoms with Crippen LogP contribution in [0.5, 0.6) is 0 Å². The van der Waals surface area contributed by atoms with Crippen LogP contribution in [0.1, 0.15) is 12.8 Å². The second-order valence-electron chi connectivity index (χ2n) is 6.62. The number of nitrogens with zero attached hydrogens (tertiary/aromatic N) is 3. The zero-order valence-electron chi connectivity index (χ0n) is 12.6. The highest BCUT2D eigenvalue weighted by molar-refractivity contribution is 7.14. The van der Waals surface area contributed by atoms with E-state index < -0.39 is 0 Å². The van der Waals surface area contributed by atoms with Gasteiger partial charge in [0.05, 0.1) is 17.7 Å². The average molecular weight is 347 g/mol. The van der Waals surface area contributed by atoms with Crippen LogP contribution in [0.15, 0.2) is 22.3 Å². The molecule has 4 aliphatic heterocycles. The van der Waals surface area contributed by atoms with Crippen LogP contribution in [0.4, 0.5) is 9.80 Å². The predicted octanol–water partition coefficient (Wildman–Crippen LogP) is 3.29. The van der Waals surface area contributed by atoms with Crippen LogP contribution in [0.3, 0.4) is 0 Å². The summed E-state index contributed by atoms with van der Waals surface area (Å²) < 4.78 is 5.93. The standard InChI is InChI=1S/C16H17N3O2S2/c20-15-19(14-5-11(6-23-14)13-7-22-10-17-13)9-16(21-15)8-18-3-1-12(16)2-4-18/h5-7,10,12H,1-4,8-9H2. The molecule has 0 aliphatic carbocycles. The molecular weight excluding hydrogens is 330 g/mol. The lowest BCUT2D eigenvalue weighted by Crippen LogP contribution is -2.61. The van der Waals surface area contributed by atoms with E-state index in [0.717, 1.165) is 48.7 Å². The van der Waals surface area contributed by atoms with E-state index in [1.54, 1.807) is 22.7 Å². The summed E-state index contributed by atoms with van der Waals surface area (Å²) >= 11 is 3.18. The van der Waals surface area contributed by atoms with Gasteiger partial charge >= 0.3 is 6.09 Å². The smallest absolute Gasteiger partial charge is 0.415 e. The Kier molecular flexibility index (Phi) is 3.05. The van der Waals surface area contributed by atoms with Crippen molar-refractivity contribution in [1.29, 1.82) is 0 Å². The van der Waals surface area contributed by atoms with Gasteiger partial charge in [-0.15, -0.1) is 22.7 Å². The summed E-state index contributed by atoms with van der Waals surface area (Å²) in [7, 11) is 0. The molecule has 1 unspecified atom stereocenters. The minimum Gasteiger partial charge on any atom is -0.439 e. The van der Waals surface area contributed by atoms with Crippen molar-refractivity contribution in [2.45, 2.75) is 18.4 Å². The lowest BCUT2D eigenvalue weighted by atomic mass is 9.75. The third-order valence-corrected chi connectivity index (χ3v) is 6.88. The maximum Gasteiger partial charge on any atom is 0.415 e. The maximum atomic E-state index is 12.5. The van der Waals surface area contributed by atoms with Crippen molar-refractivity contribution in [3.8, 4) is 11.3 Å². The molecule has 2 aromatic rings. The molecule has 120 valence electrons. The van der Waals surface area contributed by atoms with Crippen molar-refractivity contribution in [3.05, 3.63) is 22.3 Å². The van der Waals surface area contributed by atoms with Crippen molar-refractivity contribution in [2.24, 2.45) is 5.92 Å². The summed E-state index contributed by atoms with van der Waals surface area (Å²) in [6.45, 7) is 3.88. The highest BCUT2D eigenvalue weighted by Gasteiger charge is 2.55. The Labute approximate surface area is 142 Å². The van der Waals surface area contributed by atoms with Crippen molar-refractivity contribution >= 4 is 33.8 Å². The van der Waals surface area contributed by atoms with E-state index >= 15 is 0 Å². The highest BCUT2D eigenvalue weighted by atomic mass is 32.1. The van der Waals surface area contributed by atoms with Gasteiger partial charge in [-0.2, -0.15) is 0 Å². The summed E-state index contributed by atoms with van der Waals surface area (Å²) in [5.41, 5.74) is 3.59. The molecule has 4 fully saturated rings. The first-order valence-electron chi connectivity index (χ1n) is 7.93. The molecule has 1 spiro atoms. The number of amides is 1. The van der Waals surface area contributed by atoms with Crippen LogP contribution < -0.4 is 4.90 Å². The summed E-state index contributed by atoms with van der Waals surface area (Å²) in [4.78, 5) is 21.1. The Bertz CT molecular complexity index is 736. The fourth-order valence-electron chi connectivity index (χ4n) is 4.14. The van der Waals surface area contributed by atoms with Crippen molar-refractivity contribution in [1.82, 2.24) is 9.88 Å². The van der Waals surface area contributed by atoms with Crippen LogP contribution >= 0.6 is 22.7 Å². The molecule has 4 saturated heterocycles. The SMILES string of the molecule is O=C1OC2(CN3CCC2CC3)CN1c1cc(-c2cscn2)cs1. The Morgan fingerprint density at radius 3 is 2.83 bits per heavy atom. The van der Waals surface area contributed by atoms with Crippen molar-refractivity contribution in [2.75, 3.05) is 31.1 Å². The molecule has 23 heavy (non-hydrogen) atoms. The molecule has 1 amide bonds. The molecule has 2 bridgehead atoms. The van der Waals surface area contributed by atoms with Gasteiger partial charge in [-0.1, -0.05) is 0 Å². The molecule has 0 N–H and O–H groups in total. The quantitative estimate of drug-likeness (QED) is 0.836. The number of thiazole rings is 1. The number of rotatable bonds is 2. The lowest BCUT2D eigenvalue weighted by Gasteiger charge is -2.49. The number of hydrogen-bond donors (Lipinski definition) is 0. The maximum absolute atomic E-state index is 12.5. The number of anilines is 1. The first kappa shape index (κ1) is 13.9. The fraction of sp³-hybridized carbons (Fsp3) is 0.500. The first-order chi connectivity index (χ1) is 11.2. The molecular formula is C16H17N3O2S2. The van der Waals surface area contributed by atoms with Crippen LogP contribution in [-0.4, -0.2) is 47.8 Å². The third kappa shape index (κ3) is 2.14. The molecule has 2 aromatic heterocycles. The zero-order valence-corrected chi connectivity index (χ0v) is 14.2. The number of thiophene rings is 1. The van der Waals surface area contributed by atoms with E-state index in [-0.39, 0.29) is 11.7 Å². The van der Waals surface area contributed by atoms with Gasteiger partial charge < -0.3 is 4.74 Å². The molecule has 1 atom stereocenters. The molecule has 5 nitrogen and oxygen atoms in total. The monoisotopic (exact) mass is 347 g/mol. The van der Waals surface area contributed by atoms with Crippen LogP contribution in [0.25, 0.3) is 11.3 Å². The van der Waals surface area contributed by atoms with Crippen LogP contribution in [0, 0.1) is 5.92 Å². The van der Waals surface area contributed by atoms with Crippen LogP contribution in [0.2, 0.25) is 0 Å². The van der Waals surface area contributed by atoms with Gasteiger partial charge in [0, 0.05) is 28.8 Å². The second kappa shape index (κ2) is 5.03. The van der Waals surface area contributed by atoms with Crippen molar-refractivity contribution in [3.63, 3.8) is 0 Å². The largest absolute Gasteiger partial charge is 0.439 e. The predicted molar refractivity (Wildman–Crippen MR) is 91.1 cm³/mol. The zero-order chi connectivity index (χ0) is 15.4. The molecule has 6 heterocycles. The van der Waals surface area contributed by atoms with E-state index in [4.69, 9.17) is 4.74 Å². The number of carbonyl (C=O) groups excluding carboxylic acids is 1. The number of carbonyl (C=O) groups is 1. The molecule has 0 radical (unpaired) electrons. The number of ether oxygens (including phenoxy) is 1. The fourth-order valence-corrected chi connectivity index (χ4v) is 5.60. The van der Waals surface area contributed by atoms with Gasteiger partial charge in [0.15, 0.2) is 0 Å². The molecule has 0 saturated carbocycles. The number of hydrogen-bond acceptors (Lipinski definition) is 6. The van der Waals surface area contributed by atoms with E-state index in [9.17, 15) is 4.79 Å². The second-order valence-corrected chi connectivity index (χ2v) is 8.22. The van der Waals surface area contributed by atoms with Gasteiger partial charge in [-0.3, -0.25) is 9.80 Å². The van der Waals surface area contributed by atoms with Gasteiger partial charge in [0.2, 0.25) is 0 Å². The lowest BCUT2D eigenvalue weighted by molar-refractivity contribution is -0.0881. The minimum atomic E-state index is -0.293. The summed E-state index contributed by atoms with van der Waals surface area (Å²) in [5, 5.41) is 5.06. The number of piperidine rings is 3. The summed E-state index contributed by atoms with van der Waals surface area (Å²) in [5.74, 6) is 0.513. The normalized spacial score (nSPS) is 32.7. The number of aromatic nitrogens is 1. The molecule has 7 heteroatoms. The van der Waals surface area contributed by atoms with Gasteiger partial charge in [0.1, 0.15) is 10.6 Å².